The Morgan fingerprint density at radius 3 is 2.39 bits per heavy atom. The van der Waals surface area contributed by atoms with Crippen molar-refractivity contribution in [2.45, 2.75) is 4.90 Å². The highest BCUT2D eigenvalue weighted by molar-refractivity contribution is 7.92. The van der Waals surface area contributed by atoms with Gasteiger partial charge in [0.15, 0.2) is 0 Å². The molecule has 0 aliphatic carbocycles. The van der Waals surface area contributed by atoms with Gasteiger partial charge in [-0.1, -0.05) is 23.7 Å². The van der Waals surface area contributed by atoms with Gasteiger partial charge in [-0.25, -0.2) is 8.42 Å². The van der Waals surface area contributed by atoms with Crippen LogP contribution in [0.1, 0.15) is 5.56 Å². The standard InChI is InChI=1S/C15H13ClN2O4S/c1-21-13-8-12(14(22-2)7-11(13)16)18-23(19,20)15-6-4-3-5-10(15)9-17/h3-8,18H,1-2H3. The number of nitrogens with zero attached hydrogens (tertiary/aromatic N) is 1. The van der Waals surface area contributed by atoms with Gasteiger partial charge in [-0.2, -0.15) is 5.26 Å². The molecule has 0 amide bonds. The zero-order chi connectivity index (χ0) is 17.0. The molecule has 0 heterocycles. The van der Waals surface area contributed by atoms with Gasteiger partial charge < -0.3 is 9.47 Å². The third-order valence-electron chi connectivity index (χ3n) is 3.02. The highest BCUT2D eigenvalue weighted by Gasteiger charge is 2.21. The summed E-state index contributed by atoms with van der Waals surface area (Å²) in [6.07, 6.45) is 0. The maximum Gasteiger partial charge on any atom is 0.263 e. The zero-order valence-corrected chi connectivity index (χ0v) is 13.9. The molecule has 0 saturated carbocycles. The molecule has 23 heavy (non-hydrogen) atoms. The van der Waals surface area contributed by atoms with Gasteiger partial charge in [0.05, 0.1) is 30.5 Å². The van der Waals surface area contributed by atoms with E-state index < -0.39 is 10.0 Å². The van der Waals surface area contributed by atoms with Crippen molar-refractivity contribution in [3.8, 4) is 17.6 Å². The lowest BCUT2D eigenvalue weighted by Gasteiger charge is -2.14. The highest BCUT2D eigenvalue weighted by atomic mass is 35.5. The number of anilines is 1. The molecule has 2 aromatic carbocycles. The second-order valence-corrected chi connectivity index (χ2v) is 6.46. The van der Waals surface area contributed by atoms with Gasteiger partial charge in [0, 0.05) is 12.1 Å². The Hall–Kier alpha value is -2.43. The molecule has 0 spiro atoms. The van der Waals surface area contributed by atoms with E-state index >= 15 is 0 Å². The van der Waals surface area contributed by atoms with Crippen molar-refractivity contribution < 1.29 is 17.9 Å². The lowest BCUT2D eigenvalue weighted by molar-refractivity contribution is 0.405. The lowest BCUT2D eigenvalue weighted by atomic mass is 10.2. The van der Waals surface area contributed by atoms with Crippen LogP contribution in [0, 0.1) is 11.3 Å². The minimum atomic E-state index is -3.98. The van der Waals surface area contributed by atoms with Gasteiger partial charge in [0.25, 0.3) is 10.0 Å². The van der Waals surface area contributed by atoms with E-state index in [4.69, 9.17) is 26.3 Å². The predicted octanol–water partition coefficient (Wildman–Crippen LogP) is 3.03. The van der Waals surface area contributed by atoms with E-state index in [9.17, 15) is 8.42 Å². The number of nitrogens with one attached hydrogen (secondary N) is 1. The maximum absolute atomic E-state index is 12.5. The second kappa shape index (κ2) is 6.77. The summed E-state index contributed by atoms with van der Waals surface area (Å²) in [4.78, 5) is -0.126. The monoisotopic (exact) mass is 352 g/mol. The molecule has 1 N–H and O–H groups in total. The first-order valence-electron chi connectivity index (χ1n) is 6.36. The number of halogens is 1. The van der Waals surface area contributed by atoms with E-state index in [1.54, 1.807) is 6.07 Å². The van der Waals surface area contributed by atoms with Gasteiger partial charge in [-0.05, 0) is 12.1 Å². The van der Waals surface area contributed by atoms with Gasteiger partial charge in [-0.15, -0.1) is 0 Å². The predicted molar refractivity (Wildman–Crippen MR) is 86.5 cm³/mol. The normalized spacial score (nSPS) is 10.7. The molecular weight excluding hydrogens is 340 g/mol. The van der Waals surface area contributed by atoms with E-state index in [2.05, 4.69) is 4.72 Å². The summed E-state index contributed by atoms with van der Waals surface area (Å²) in [5.74, 6) is 0.521. The molecule has 0 saturated heterocycles. The topological polar surface area (TPSA) is 88.4 Å². The summed E-state index contributed by atoms with van der Waals surface area (Å²) >= 11 is 5.99. The van der Waals surface area contributed by atoms with Crippen LogP contribution in [0.15, 0.2) is 41.3 Å². The van der Waals surface area contributed by atoms with Gasteiger partial charge in [-0.3, -0.25) is 4.72 Å². The van der Waals surface area contributed by atoms with Crippen molar-refractivity contribution in [3.05, 3.63) is 47.0 Å². The number of nitriles is 1. The van der Waals surface area contributed by atoms with Crippen LogP contribution in [0.5, 0.6) is 11.5 Å². The smallest absolute Gasteiger partial charge is 0.263 e. The minimum absolute atomic E-state index is 0.0416. The Kier molecular flexibility index (Phi) is 4.98. The van der Waals surface area contributed by atoms with Crippen LogP contribution in [-0.2, 0) is 10.0 Å². The zero-order valence-electron chi connectivity index (χ0n) is 12.3. The first-order valence-corrected chi connectivity index (χ1v) is 8.22. The molecule has 0 bridgehead atoms. The molecule has 8 heteroatoms. The van der Waals surface area contributed by atoms with E-state index in [1.807, 2.05) is 6.07 Å². The Bertz CT molecular complexity index is 876. The molecule has 0 atom stereocenters. The van der Waals surface area contributed by atoms with Crippen molar-refractivity contribution in [1.82, 2.24) is 0 Å². The SMILES string of the molecule is COc1cc(NS(=O)(=O)c2ccccc2C#N)c(OC)cc1Cl. The molecule has 120 valence electrons. The van der Waals surface area contributed by atoms with Crippen molar-refractivity contribution in [3.63, 3.8) is 0 Å². The van der Waals surface area contributed by atoms with E-state index in [-0.39, 0.29) is 26.9 Å². The van der Waals surface area contributed by atoms with Gasteiger partial charge in [0.2, 0.25) is 0 Å². The summed E-state index contributed by atoms with van der Waals surface area (Å²) in [5.41, 5.74) is 0.196. The summed E-state index contributed by atoms with van der Waals surface area (Å²) in [7, 11) is -1.18. The van der Waals surface area contributed by atoms with Crippen molar-refractivity contribution in [2.75, 3.05) is 18.9 Å². The minimum Gasteiger partial charge on any atom is -0.495 e. The fourth-order valence-corrected chi connectivity index (χ4v) is 3.38. The van der Waals surface area contributed by atoms with Crippen LogP contribution < -0.4 is 14.2 Å². The molecule has 0 radical (unpaired) electrons. The van der Waals surface area contributed by atoms with Crippen LogP contribution in [-0.4, -0.2) is 22.6 Å². The van der Waals surface area contributed by atoms with Crippen LogP contribution in [0.25, 0.3) is 0 Å². The molecule has 2 aromatic rings. The summed E-state index contributed by atoms with van der Waals surface area (Å²) in [6.45, 7) is 0. The summed E-state index contributed by atoms with van der Waals surface area (Å²) < 4.78 is 37.7. The van der Waals surface area contributed by atoms with E-state index in [0.717, 1.165) is 0 Å². The molecule has 2 rings (SSSR count). The van der Waals surface area contributed by atoms with Gasteiger partial charge >= 0.3 is 0 Å². The Morgan fingerprint density at radius 2 is 1.78 bits per heavy atom. The third kappa shape index (κ3) is 3.50. The quantitative estimate of drug-likeness (QED) is 0.893. The molecule has 0 fully saturated rings. The van der Waals surface area contributed by atoms with Crippen molar-refractivity contribution in [2.24, 2.45) is 0 Å². The molecule has 0 aliphatic rings. The average molecular weight is 353 g/mol. The summed E-state index contributed by atoms with van der Waals surface area (Å²) in [5, 5.41) is 9.34. The molecule has 0 unspecified atom stereocenters. The van der Waals surface area contributed by atoms with Crippen LogP contribution >= 0.6 is 11.6 Å². The third-order valence-corrected chi connectivity index (χ3v) is 4.73. The first-order chi connectivity index (χ1) is 10.9. The fourth-order valence-electron chi connectivity index (χ4n) is 1.93. The molecule has 0 aliphatic heterocycles. The Labute approximate surface area is 139 Å². The van der Waals surface area contributed by atoms with Crippen LogP contribution in [0.3, 0.4) is 0 Å². The van der Waals surface area contributed by atoms with Crippen molar-refractivity contribution >= 4 is 27.3 Å². The fraction of sp³-hybridized carbons (Fsp3) is 0.133. The number of methoxy groups -OCH3 is 2. The number of rotatable bonds is 5. The largest absolute Gasteiger partial charge is 0.495 e. The second-order valence-electron chi connectivity index (χ2n) is 4.40. The van der Waals surface area contributed by atoms with Crippen LogP contribution in [0.2, 0.25) is 5.02 Å². The Balaban J connectivity index is 2.51. The van der Waals surface area contributed by atoms with Crippen LogP contribution in [0.4, 0.5) is 5.69 Å². The van der Waals surface area contributed by atoms with Crippen molar-refractivity contribution in [1.29, 1.82) is 5.26 Å². The molecular formula is C15H13ClN2O4S. The summed E-state index contributed by atoms with van der Waals surface area (Å²) in [6, 6.07) is 10.6. The number of benzene rings is 2. The first kappa shape index (κ1) is 16.9. The van der Waals surface area contributed by atoms with E-state index in [1.165, 1.54) is 44.6 Å². The van der Waals surface area contributed by atoms with Gasteiger partial charge in [0.1, 0.15) is 22.5 Å². The molecule has 0 aromatic heterocycles. The number of hydrogen-bond donors (Lipinski definition) is 1. The highest BCUT2D eigenvalue weighted by Crippen LogP contribution is 2.37. The lowest BCUT2D eigenvalue weighted by Crippen LogP contribution is -2.15. The van der Waals surface area contributed by atoms with E-state index in [0.29, 0.717) is 5.75 Å². The number of ether oxygens (including phenoxy) is 2. The number of hydrogen-bond acceptors (Lipinski definition) is 5. The molecule has 6 nitrogen and oxygen atoms in total. The Morgan fingerprint density at radius 1 is 1.13 bits per heavy atom. The maximum atomic E-state index is 12.5. The average Bonchev–Trinajstić information content (AvgIpc) is 2.55. The number of sulfonamides is 1.